The topological polar surface area (TPSA) is 3.24 Å². The van der Waals surface area contributed by atoms with Gasteiger partial charge in [0.15, 0.2) is 0 Å². The van der Waals surface area contributed by atoms with Gasteiger partial charge in [-0.25, -0.2) is 0 Å². The molecular formula is C47H33NSe. The Morgan fingerprint density at radius 3 is 2.04 bits per heavy atom. The summed E-state index contributed by atoms with van der Waals surface area (Å²) in [6, 6.07) is 60.9. The molecule has 0 spiro atoms. The minimum absolute atomic E-state index is 0.0850. The fourth-order valence-corrected chi connectivity index (χ4v) is 11.1. The van der Waals surface area contributed by atoms with E-state index in [4.69, 9.17) is 0 Å². The van der Waals surface area contributed by atoms with Gasteiger partial charge in [-0.2, -0.15) is 0 Å². The number of rotatable bonds is 4. The van der Waals surface area contributed by atoms with Crippen molar-refractivity contribution in [1.82, 2.24) is 0 Å². The third-order valence-electron chi connectivity index (χ3n) is 10.6. The minimum atomic E-state index is -0.0850. The van der Waals surface area contributed by atoms with Gasteiger partial charge in [0.25, 0.3) is 0 Å². The van der Waals surface area contributed by atoms with Crippen molar-refractivity contribution in [2.24, 2.45) is 0 Å². The number of fused-ring (bicyclic) bond motifs is 10. The molecule has 0 unspecified atom stereocenters. The zero-order valence-corrected chi connectivity index (χ0v) is 29.2. The number of hydrogen-bond acceptors (Lipinski definition) is 1. The predicted molar refractivity (Wildman–Crippen MR) is 211 cm³/mol. The number of benzene rings is 8. The summed E-state index contributed by atoms with van der Waals surface area (Å²) in [7, 11) is 0. The Kier molecular flexibility index (Phi) is 6.31. The summed E-state index contributed by atoms with van der Waals surface area (Å²) < 4.78 is 2.94. The van der Waals surface area contributed by atoms with Gasteiger partial charge in [0.1, 0.15) is 0 Å². The van der Waals surface area contributed by atoms with Gasteiger partial charge in [0.2, 0.25) is 0 Å². The fourth-order valence-electron chi connectivity index (χ4n) is 8.22. The summed E-state index contributed by atoms with van der Waals surface area (Å²) in [6.07, 6.45) is 0. The van der Waals surface area contributed by atoms with Crippen LogP contribution in [0.2, 0.25) is 0 Å². The third kappa shape index (κ3) is 4.31. The summed E-state index contributed by atoms with van der Waals surface area (Å²) in [5.74, 6) is 0. The zero-order chi connectivity index (χ0) is 32.7. The van der Waals surface area contributed by atoms with Crippen LogP contribution in [-0.2, 0) is 5.41 Å². The van der Waals surface area contributed by atoms with Gasteiger partial charge in [-0.05, 0) is 0 Å². The van der Waals surface area contributed by atoms with Gasteiger partial charge in [-0.3, -0.25) is 0 Å². The summed E-state index contributed by atoms with van der Waals surface area (Å²) in [5.41, 5.74) is 11.5. The summed E-state index contributed by atoms with van der Waals surface area (Å²) in [5, 5.41) is 8.12. The van der Waals surface area contributed by atoms with Crippen molar-refractivity contribution in [2.45, 2.75) is 19.3 Å². The van der Waals surface area contributed by atoms with Crippen LogP contribution in [-0.4, -0.2) is 14.5 Å². The van der Waals surface area contributed by atoms with Crippen LogP contribution >= 0.6 is 0 Å². The Balaban J connectivity index is 1.25. The van der Waals surface area contributed by atoms with E-state index in [0.29, 0.717) is 0 Å². The summed E-state index contributed by atoms with van der Waals surface area (Å²) >= 11 is 0.117. The Labute approximate surface area is 292 Å². The molecule has 1 aromatic heterocycles. The van der Waals surface area contributed by atoms with E-state index in [1.807, 2.05) is 0 Å². The van der Waals surface area contributed by atoms with Crippen molar-refractivity contribution in [3.8, 4) is 22.3 Å². The van der Waals surface area contributed by atoms with Crippen LogP contribution in [0, 0.1) is 0 Å². The van der Waals surface area contributed by atoms with Crippen LogP contribution in [0.15, 0.2) is 164 Å². The molecule has 0 atom stereocenters. The summed E-state index contributed by atoms with van der Waals surface area (Å²) in [6.45, 7) is 4.74. The van der Waals surface area contributed by atoms with Crippen LogP contribution < -0.4 is 4.90 Å². The molecule has 2 heteroatoms. The molecule has 0 aliphatic heterocycles. The second-order valence-electron chi connectivity index (χ2n) is 13.7. The molecule has 232 valence electrons. The molecule has 0 bridgehead atoms. The van der Waals surface area contributed by atoms with Gasteiger partial charge in [0, 0.05) is 0 Å². The average Bonchev–Trinajstić information content (AvgIpc) is 3.65. The van der Waals surface area contributed by atoms with Crippen LogP contribution in [0.1, 0.15) is 25.0 Å². The van der Waals surface area contributed by atoms with E-state index in [-0.39, 0.29) is 19.9 Å². The Hall–Kier alpha value is -5.40. The second kappa shape index (κ2) is 10.8. The van der Waals surface area contributed by atoms with Gasteiger partial charge < -0.3 is 0 Å². The zero-order valence-electron chi connectivity index (χ0n) is 27.4. The number of anilines is 3. The van der Waals surface area contributed by atoms with Crippen LogP contribution in [0.3, 0.4) is 0 Å². The summed E-state index contributed by atoms with van der Waals surface area (Å²) in [4.78, 5) is 2.53. The molecule has 1 nitrogen and oxygen atoms in total. The van der Waals surface area contributed by atoms with Gasteiger partial charge in [-0.1, -0.05) is 0 Å². The first-order valence-electron chi connectivity index (χ1n) is 17.0. The Bertz CT molecular complexity index is 2750. The molecule has 1 aliphatic rings. The maximum absolute atomic E-state index is 2.53. The van der Waals surface area contributed by atoms with Crippen LogP contribution in [0.25, 0.3) is 63.1 Å². The number of hydrogen-bond donors (Lipinski definition) is 0. The molecular weight excluding hydrogens is 657 g/mol. The van der Waals surface area contributed by atoms with Crippen LogP contribution in [0.5, 0.6) is 0 Å². The first-order valence-corrected chi connectivity index (χ1v) is 18.7. The molecule has 0 saturated heterocycles. The first kappa shape index (κ1) is 28.6. The van der Waals surface area contributed by atoms with Crippen molar-refractivity contribution in [3.05, 3.63) is 175 Å². The van der Waals surface area contributed by atoms with E-state index in [1.165, 1.54) is 91.3 Å². The molecule has 0 N–H and O–H groups in total. The quantitative estimate of drug-likeness (QED) is 0.131. The molecule has 1 aliphatic carbocycles. The maximum atomic E-state index is 2.53. The Morgan fingerprint density at radius 2 is 1.12 bits per heavy atom. The van der Waals surface area contributed by atoms with E-state index in [0.717, 1.165) is 0 Å². The standard InChI is InChI=1S/C47H33NSe/c1-47(2)41-20-9-8-18-37(41)38-27-25-35(29-42(38)47)48(34-16-10-15-33(28-34)30-12-4-3-5-13-30)43-21-11-19-39-40-26-24-32-23-22-31-14-6-7-17-36(31)44(32)46(40)49-45(39)43/h3-29H,1-2H3. The fraction of sp³-hybridized carbons (Fsp3) is 0.0638. The molecule has 0 saturated carbocycles. The van der Waals surface area contributed by atoms with Crippen molar-refractivity contribution in [1.29, 1.82) is 0 Å². The van der Waals surface area contributed by atoms with Gasteiger partial charge in [-0.15, -0.1) is 0 Å². The molecule has 49 heavy (non-hydrogen) atoms. The second-order valence-corrected chi connectivity index (χ2v) is 15.9. The van der Waals surface area contributed by atoms with E-state index in [9.17, 15) is 0 Å². The molecule has 0 radical (unpaired) electrons. The van der Waals surface area contributed by atoms with Crippen LogP contribution in [0.4, 0.5) is 17.1 Å². The van der Waals surface area contributed by atoms with Crippen molar-refractivity contribution >= 4 is 72.4 Å². The predicted octanol–water partition coefficient (Wildman–Crippen LogP) is 12.8. The number of nitrogens with zero attached hydrogens (tertiary/aromatic N) is 1. The molecule has 0 amide bonds. The van der Waals surface area contributed by atoms with Gasteiger partial charge in [0.05, 0.1) is 0 Å². The van der Waals surface area contributed by atoms with Crippen molar-refractivity contribution < 1.29 is 0 Å². The van der Waals surface area contributed by atoms with Gasteiger partial charge >= 0.3 is 294 Å². The third-order valence-corrected chi connectivity index (χ3v) is 13.3. The SMILES string of the molecule is CC1(C)c2ccccc2-c2ccc(N(c3cccc(-c4ccccc4)c3)c3cccc4c3[se]c3c4ccc4ccc5ccccc5c43)cc21. The van der Waals surface area contributed by atoms with E-state index in [1.54, 1.807) is 0 Å². The molecule has 10 rings (SSSR count). The Morgan fingerprint density at radius 1 is 0.449 bits per heavy atom. The monoisotopic (exact) mass is 691 g/mol. The van der Waals surface area contributed by atoms with E-state index >= 15 is 0 Å². The molecule has 1 heterocycles. The average molecular weight is 691 g/mol. The normalized spacial score (nSPS) is 13.3. The first-order chi connectivity index (χ1) is 24.1. The van der Waals surface area contributed by atoms with Crippen molar-refractivity contribution in [3.63, 3.8) is 0 Å². The molecule has 8 aromatic carbocycles. The van der Waals surface area contributed by atoms with Crippen molar-refractivity contribution in [2.75, 3.05) is 4.90 Å². The molecule has 9 aromatic rings. The van der Waals surface area contributed by atoms with E-state index in [2.05, 4.69) is 183 Å². The van der Waals surface area contributed by atoms with E-state index < -0.39 is 0 Å². The molecule has 0 fully saturated rings.